The lowest BCUT2D eigenvalue weighted by atomic mass is 9.96. The molecule has 43 nitrogen and oxygen atoms in total. The first-order chi connectivity index (χ1) is 55.9. The molecule has 25 N–H and O–H groups in total. The number of ether oxygens (including phenoxy) is 1. The number of rotatable bonds is 38. The number of cyclic esters (lactones) is 1. The lowest BCUT2D eigenvalue weighted by Crippen LogP contribution is -2.62. The molecule has 0 spiro atoms. The minimum atomic E-state index is -2.45. The fraction of sp³-hybridized carbons (Fsp3) is 0.541. The van der Waals surface area contributed by atoms with Gasteiger partial charge in [0.2, 0.25) is 82.7 Å². The van der Waals surface area contributed by atoms with E-state index in [1.807, 2.05) is 16.0 Å². The second-order valence-corrected chi connectivity index (χ2v) is 29.0. The van der Waals surface area contributed by atoms with Crippen molar-refractivity contribution in [3.63, 3.8) is 0 Å². The summed E-state index contributed by atoms with van der Waals surface area (Å²) in [6, 6.07) is -10.6. The number of primary amides is 1. The van der Waals surface area contributed by atoms with Gasteiger partial charge in [0, 0.05) is 41.2 Å². The molecule has 0 saturated carbocycles. The number of unbranched alkanes of at least 4 members (excludes halogenated alkanes) is 7. The van der Waals surface area contributed by atoms with Crippen molar-refractivity contribution in [3.05, 3.63) is 65.9 Å². The van der Waals surface area contributed by atoms with Gasteiger partial charge < -0.3 is 122 Å². The molecule has 4 rings (SSSR count). The number of aromatic amines is 1. The number of carbonyl (C=O) groups excluding carboxylic acids is 16. The van der Waals surface area contributed by atoms with Crippen molar-refractivity contribution in [1.29, 1.82) is 0 Å². The maximum atomic E-state index is 14.9. The van der Waals surface area contributed by atoms with Crippen LogP contribution in [0, 0.1) is 5.92 Å². The third-order valence-corrected chi connectivity index (χ3v) is 19.3. The number of anilines is 1. The molecule has 3 aromatic rings. The number of thioether (sulfide) groups is 1. The first kappa shape index (κ1) is 98.0. The van der Waals surface area contributed by atoms with Crippen molar-refractivity contribution in [2.75, 3.05) is 43.5 Å². The molecule has 648 valence electrons. The van der Waals surface area contributed by atoms with Gasteiger partial charge in [-0.15, -0.1) is 0 Å². The van der Waals surface area contributed by atoms with Gasteiger partial charge in [0.05, 0.1) is 57.6 Å². The third kappa shape index (κ3) is 34.2. The zero-order valence-corrected chi connectivity index (χ0v) is 66.2. The van der Waals surface area contributed by atoms with Crippen molar-refractivity contribution < 1.29 is 126 Å². The summed E-state index contributed by atoms with van der Waals surface area (Å²) in [6.45, 7) is 1.18. The van der Waals surface area contributed by atoms with E-state index in [2.05, 4.69) is 65.1 Å². The zero-order valence-electron chi connectivity index (χ0n) is 65.4. The minimum Gasteiger partial charge on any atom is -0.481 e. The average Bonchev–Trinajstić information content (AvgIpc) is 1.59. The summed E-state index contributed by atoms with van der Waals surface area (Å²) < 4.78 is 5.69. The Balaban J connectivity index is 1.85. The van der Waals surface area contributed by atoms with Crippen LogP contribution in [0.1, 0.15) is 146 Å². The second-order valence-electron chi connectivity index (χ2n) is 27.9. The molecule has 1 saturated heterocycles. The second kappa shape index (κ2) is 50.2. The number of aliphatic hydroxyl groups is 1. The van der Waals surface area contributed by atoms with Crippen LogP contribution in [0.3, 0.4) is 0 Å². The van der Waals surface area contributed by atoms with Crippen LogP contribution >= 0.6 is 11.8 Å². The quantitative estimate of drug-likeness (QED) is 0.0111. The molecule has 1 aromatic heterocycles. The number of carbonyl (C=O) groups is 20. The summed E-state index contributed by atoms with van der Waals surface area (Å²) in [7, 11) is 0. The highest BCUT2D eigenvalue weighted by Gasteiger charge is 2.41. The summed E-state index contributed by atoms with van der Waals surface area (Å²) in [5.41, 5.74) is 18.1. The van der Waals surface area contributed by atoms with Crippen LogP contribution < -0.4 is 86.3 Å². The lowest BCUT2D eigenvalue weighted by molar-refractivity contribution is -0.156. The van der Waals surface area contributed by atoms with Gasteiger partial charge in [-0.3, -0.25) is 91.1 Å². The van der Waals surface area contributed by atoms with Gasteiger partial charge >= 0.3 is 29.8 Å². The summed E-state index contributed by atoms with van der Waals surface area (Å²) >= 11 is 1.31. The van der Waals surface area contributed by atoms with Crippen LogP contribution in [0.2, 0.25) is 0 Å². The molecule has 118 heavy (non-hydrogen) atoms. The van der Waals surface area contributed by atoms with Crippen molar-refractivity contribution in [2.24, 2.45) is 17.4 Å². The van der Waals surface area contributed by atoms with E-state index in [1.165, 1.54) is 36.0 Å². The normalized spacial score (nSPS) is 20.9. The van der Waals surface area contributed by atoms with E-state index in [1.54, 1.807) is 30.5 Å². The lowest BCUT2D eigenvalue weighted by Gasteiger charge is -2.30. The predicted molar refractivity (Wildman–Crippen MR) is 418 cm³/mol. The highest BCUT2D eigenvalue weighted by molar-refractivity contribution is 7.99. The van der Waals surface area contributed by atoms with Gasteiger partial charge in [-0.05, 0) is 75.1 Å². The molecular weight excluding hydrogens is 1570 g/mol. The molecule has 1 aliphatic heterocycles. The van der Waals surface area contributed by atoms with E-state index < -0.39 is 261 Å². The molecule has 0 bridgehead atoms. The minimum absolute atomic E-state index is 0.0941. The zero-order chi connectivity index (χ0) is 87.9. The van der Waals surface area contributed by atoms with Crippen LogP contribution in [0.4, 0.5) is 5.69 Å². The van der Waals surface area contributed by atoms with E-state index in [4.69, 9.17) is 21.9 Å². The third-order valence-electron chi connectivity index (χ3n) is 18.2. The van der Waals surface area contributed by atoms with Crippen LogP contribution in [0.15, 0.2) is 54.7 Å². The van der Waals surface area contributed by atoms with E-state index in [0.717, 1.165) is 72.1 Å². The van der Waals surface area contributed by atoms with Crippen LogP contribution in [0.25, 0.3) is 10.9 Å². The monoisotopic (exact) mass is 1680 g/mol. The number of carboxylic acid groups (broad SMARTS) is 4. The summed E-state index contributed by atoms with van der Waals surface area (Å²) in [5.74, 6) is -29.3. The van der Waals surface area contributed by atoms with E-state index in [-0.39, 0.29) is 36.4 Å². The van der Waals surface area contributed by atoms with Crippen molar-refractivity contribution in [1.82, 2.24) is 74.1 Å². The maximum absolute atomic E-state index is 14.9. The molecule has 13 unspecified atom stereocenters. The van der Waals surface area contributed by atoms with Gasteiger partial charge in [-0.25, -0.2) is 4.79 Å². The summed E-state index contributed by atoms with van der Waals surface area (Å²) in [4.78, 5) is 277. The number of Topliss-reactive ketones (excluding diaryl/α,β-unsaturated/α-hetero) is 1. The first-order valence-electron chi connectivity index (χ1n) is 37.9. The summed E-state index contributed by atoms with van der Waals surface area (Å²) in [6.07, 6.45) is 0.0471. The van der Waals surface area contributed by atoms with E-state index in [9.17, 15) is 121 Å². The molecule has 1 fully saturated rings. The molecule has 1 aliphatic rings. The van der Waals surface area contributed by atoms with E-state index >= 15 is 0 Å². The maximum Gasteiger partial charge on any atom is 0.329 e. The number of esters is 1. The number of hydrogen-bond donors (Lipinski definition) is 22. The van der Waals surface area contributed by atoms with Gasteiger partial charge in [0.1, 0.15) is 72.6 Å². The van der Waals surface area contributed by atoms with Crippen molar-refractivity contribution in [2.45, 2.75) is 209 Å². The Labute approximate surface area is 680 Å². The predicted octanol–water partition coefficient (Wildman–Crippen LogP) is -4.89. The molecule has 2 aromatic carbocycles. The number of nitrogens with two attached hydrogens (primary N) is 3. The molecule has 0 radical (unpaired) electrons. The van der Waals surface area contributed by atoms with Crippen LogP contribution in [-0.2, 0) is 102 Å². The fourth-order valence-corrected chi connectivity index (χ4v) is 12.8. The van der Waals surface area contributed by atoms with E-state index in [0.29, 0.717) is 22.2 Å². The van der Waals surface area contributed by atoms with Crippen LogP contribution in [-0.4, -0.2) is 259 Å². The van der Waals surface area contributed by atoms with Crippen LogP contribution in [0.5, 0.6) is 0 Å². The molecule has 44 heteroatoms. The number of ketones is 1. The number of nitrogens with one attached hydrogen (secondary N) is 14. The Morgan fingerprint density at radius 1 is 0.559 bits per heavy atom. The first-order valence-corrected chi connectivity index (χ1v) is 39.1. The number of aliphatic carboxylic acids is 4. The Kier molecular flexibility index (Phi) is 41.7. The molecule has 2 heterocycles. The molecule has 13 atom stereocenters. The van der Waals surface area contributed by atoms with Gasteiger partial charge in [0.15, 0.2) is 5.78 Å². The standard InChI is InChI=1S/C74H105N17O26S/c1-5-6-7-8-9-10-11-16-24-118-36-57(97)83-46(26-40-32-78-44-21-15-13-18-41(40)44)68(110)86-47(28-54(77)94)69(111)88-50(31-61(104)105)70(112)91-63-39(4)117-74(116)51(27-53(93)42-19-12-14-20-43(42)76)89-73(115)62(37(2)25-58(98)99)90-71(113)52(35-92)84-56(96)33-79-65(107)48(29-59(100)101)85-64(106)38(3)81-67(109)49(30-60(102)103)87-66(108)45(22-17-23-75)82-55(95)34-80-72(63)114/h12-15,18-21,32,37-39,45-52,62-63,78,92H,5-11,16-17,22-31,33-36,75-76H2,1-4H3,(H2,77,94)(H,79,107)(H,80,114)(H,81,109)(H,82,95)(H,83,97)(H,84,96)(H,85,106)(H,86,110)(H,87,108)(H,88,111)(H,89,115)(H,90,113)(H,91,112)(H,98,99)(H,100,101)(H,102,103)(H,104,105). The number of fused-ring (bicyclic) bond motifs is 1. The number of H-pyrrole nitrogens is 1. The average molecular weight is 1680 g/mol. The molecule has 14 amide bonds. The topological polar surface area (TPSA) is 702 Å². The Morgan fingerprint density at radius 3 is 1.70 bits per heavy atom. The Bertz CT molecular complexity index is 4110. The number of carboxylic acids is 4. The number of hydrogen-bond acceptors (Lipinski definition) is 25. The molecular formula is C74H105N17O26S. The Morgan fingerprint density at radius 2 is 1.10 bits per heavy atom. The highest BCUT2D eigenvalue weighted by Crippen LogP contribution is 2.22. The smallest absolute Gasteiger partial charge is 0.329 e. The van der Waals surface area contributed by atoms with Gasteiger partial charge in [0.25, 0.3) is 0 Å². The fourth-order valence-electron chi connectivity index (χ4n) is 12.0. The Hall–Kier alpha value is -12.4. The number of para-hydroxylation sites is 2. The number of amides is 14. The van der Waals surface area contributed by atoms with Crippen molar-refractivity contribution >= 4 is 147 Å². The number of aromatic nitrogens is 1. The number of nitrogen functional groups attached to an aromatic ring is 1. The highest BCUT2D eigenvalue weighted by atomic mass is 32.2. The number of benzene rings is 2. The van der Waals surface area contributed by atoms with Gasteiger partial charge in [-0.1, -0.05) is 89.1 Å². The van der Waals surface area contributed by atoms with Crippen molar-refractivity contribution in [3.8, 4) is 0 Å². The summed E-state index contributed by atoms with van der Waals surface area (Å²) in [5, 5.41) is 78.7. The molecule has 0 aliphatic carbocycles. The largest absolute Gasteiger partial charge is 0.481 e. The van der Waals surface area contributed by atoms with Gasteiger partial charge in [-0.2, -0.15) is 11.8 Å². The number of aliphatic hydroxyl groups excluding tert-OH is 1. The SMILES string of the molecule is CCCCCCCCCCSCC(=O)NC(Cc1c[nH]c2ccccc12)C(=O)NC(CC(N)=O)C(=O)NC(CC(=O)O)C(=O)NC1C(=O)NCC(=O)NC(CCCN)C(=O)NC(CC(=O)O)C(=O)NC(C)C(=O)NC(CC(=O)O)C(=O)NCC(=O)NC(CO)C(=O)NC(C(C)CC(=O)O)C(=O)NC(CC(=O)c2ccccc2N)C(=O)OC1C.